The molecule has 1 nitrogen and oxygen atoms in total. The van der Waals surface area contributed by atoms with Crippen LogP contribution in [0.4, 0.5) is 10.1 Å². The van der Waals surface area contributed by atoms with Crippen molar-refractivity contribution in [2.75, 3.05) is 12.4 Å². The molecule has 0 aromatic heterocycles. The van der Waals surface area contributed by atoms with Crippen molar-refractivity contribution in [3.63, 3.8) is 0 Å². The molecule has 2 heteroatoms. The SMILES string of the molecule is C=Cc1c(F)ccc2cccc(NC)c12. The van der Waals surface area contributed by atoms with E-state index in [1.54, 1.807) is 12.1 Å². The number of rotatable bonds is 2. The minimum absolute atomic E-state index is 0.236. The second-order valence-corrected chi connectivity index (χ2v) is 3.32. The van der Waals surface area contributed by atoms with Gasteiger partial charge >= 0.3 is 0 Å². The van der Waals surface area contributed by atoms with E-state index in [0.29, 0.717) is 5.56 Å². The first kappa shape index (κ1) is 9.71. The van der Waals surface area contributed by atoms with Crippen LogP contribution in [-0.2, 0) is 0 Å². The number of anilines is 1. The van der Waals surface area contributed by atoms with Crippen molar-refractivity contribution in [2.24, 2.45) is 0 Å². The molecule has 2 rings (SSSR count). The topological polar surface area (TPSA) is 12.0 Å². The predicted octanol–water partition coefficient (Wildman–Crippen LogP) is 3.66. The van der Waals surface area contributed by atoms with Crippen molar-refractivity contribution in [1.82, 2.24) is 0 Å². The van der Waals surface area contributed by atoms with Gasteiger partial charge in [0.05, 0.1) is 0 Å². The lowest BCUT2D eigenvalue weighted by atomic mass is 10.0. The molecule has 0 radical (unpaired) electrons. The normalized spacial score (nSPS) is 10.3. The molecular weight excluding hydrogens is 189 g/mol. The minimum atomic E-state index is -0.236. The van der Waals surface area contributed by atoms with E-state index in [2.05, 4.69) is 11.9 Å². The Morgan fingerprint density at radius 3 is 2.73 bits per heavy atom. The molecule has 1 N–H and O–H groups in total. The van der Waals surface area contributed by atoms with Crippen molar-refractivity contribution in [2.45, 2.75) is 0 Å². The summed E-state index contributed by atoms with van der Waals surface area (Å²) in [6.07, 6.45) is 1.55. The Bertz CT molecular complexity index is 517. The zero-order valence-electron chi connectivity index (χ0n) is 8.55. The van der Waals surface area contributed by atoms with Crippen LogP contribution < -0.4 is 5.32 Å². The first-order chi connectivity index (χ1) is 7.27. The van der Waals surface area contributed by atoms with Crippen LogP contribution in [0.15, 0.2) is 36.9 Å². The van der Waals surface area contributed by atoms with Crippen molar-refractivity contribution in [3.05, 3.63) is 48.3 Å². The number of nitrogens with one attached hydrogen (secondary N) is 1. The Hall–Kier alpha value is -1.83. The minimum Gasteiger partial charge on any atom is -0.388 e. The fourth-order valence-electron chi connectivity index (χ4n) is 1.79. The average molecular weight is 201 g/mol. The molecule has 76 valence electrons. The van der Waals surface area contributed by atoms with Gasteiger partial charge in [-0.25, -0.2) is 4.39 Å². The highest BCUT2D eigenvalue weighted by molar-refractivity contribution is 6.00. The van der Waals surface area contributed by atoms with Gasteiger partial charge in [-0.05, 0) is 17.5 Å². The van der Waals surface area contributed by atoms with Crippen LogP contribution in [0.2, 0.25) is 0 Å². The highest BCUT2D eigenvalue weighted by atomic mass is 19.1. The Morgan fingerprint density at radius 2 is 2.07 bits per heavy atom. The Morgan fingerprint density at radius 1 is 1.27 bits per heavy atom. The second-order valence-electron chi connectivity index (χ2n) is 3.32. The number of fused-ring (bicyclic) bond motifs is 1. The number of hydrogen-bond donors (Lipinski definition) is 1. The lowest BCUT2D eigenvalue weighted by Crippen LogP contribution is -1.93. The Labute approximate surface area is 88.2 Å². The van der Waals surface area contributed by atoms with Gasteiger partial charge < -0.3 is 5.32 Å². The maximum Gasteiger partial charge on any atom is 0.131 e. The summed E-state index contributed by atoms with van der Waals surface area (Å²) < 4.78 is 13.5. The third-order valence-corrected chi connectivity index (χ3v) is 2.51. The van der Waals surface area contributed by atoms with Gasteiger partial charge in [-0.1, -0.05) is 30.9 Å². The van der Waals surface area contributed by atoms with Crippen molar-refractivity contribution in [1.29, 1.82) is 0 Å². The highest BCUT2D eigenvalue weighted by Gasteiger charge is 2.07. The van der Waals surface area contributed by atoms with Crippen LogP contribution in [-0.4, -0.2) is 7.05 Å². The first-order valence-electron chi connectivity index (χ1n) is 4.79. The van der Waals surface area contributed by atoms with E-state index in [0.717, 1.165) is 16.5 Å². The predicted molar refractivity (Wildman–Crippen MR) is 63.5 cm³/mol. The second kappa shape index (κ2) is 3.73. The Kier molecular flexibility index (Phi) is 2.42. The molecule has 0 fully saturated rings. The van der Waals surface area contributed by atoms with Crippen molar-refractivity contribution >= 4 is 22.5 Å². The summed E-state index contributed by atoms with van der Waals surface area (Å²) in [5, 5.41) is 4.95. The van der Waals surface area contributed by atoms with Gasteiger partial charge in [0.15, 0.2) is 0 Å². The summed E-state index contributed by atoms with van der Waals surface area (Å²) in [6, 6.07) is 9.08. The van der Waals surface area contributed by atoms with Gasteiger partial charge in [0.25, 0.3) is 0 Å². The molecule has 0 amide bonds. The van der Waals surface area contributed by atoms with Gasteiger partial charge in [0, 0.05) is 23.7 Å². The molecule has 0 saturated heterocycles. The summed E-state index contributed by atoms with van der Waals surface area (Å²) in [7, 11) is 1.83. The van der Waals surface area contributed by atoms with Crippen LogP contribution in [0.5, 0.6) is 0 Å². The number of halogens is 1. The van der Waals surface area contributed by atoms with Gasteiger partial charge in [-0.15, -0.1) is 0 Å². The molecule has 15 heavy (non-hydrogen) atoms. The lowest BCUT2D eigenvalue weighted by molar-refractivity contribution is 0.627. The molecule has 0 spiro atoms. The third kappa shape index (κ3) is 1.48. The van der Waals surface area contributed by atoms with Gasteiger partial charge in [-0.2, -0.15) is 0 Å². The molecule has 0 aliphatic carbocycles. The summed E-state index contributed by atoms with van der Waals surface area (Å²) in [4.78, 5) is 0. The van der Waals surface area contributed by atoms with E-state index in [1.165, 1.54) is 6.07 Å². The summed E-state index contributed by atoms with van der Waals surface area (Å²) in [5.74, 6) is -0.236. The average Bonchev–Trinajstić information content (AvgIpc) is 2.28. The van der Waals surface area contributed by atoms with E-state index >= 15 is 0 Å². The van der Waals surface area contributed by atoms with E-state index in [-0.39, 0.29) is 5.82 Å². The molecule has 0 bridgehead atoms. The molecule has 2 aromatic carbocycles. The lowest BCUT2D eigenvalue weighted by Gasteiger charge is -2.09. The zero-order valence-corrected chi connectivity index (χ0v) is 8.55. The molecule has 0 atom stereocenters. The van der Waals surface area contributed by atoms with Crippen LogP contribution in [0, 0.1) is 5.82 Å². The van der Waals surface area contributed by atoms with E-state index in [1.807, 2.05) is 25.2 Å². The van der Waals surface area contributed by atoms with Gasteiger partial charge in [0.1, 0.15) is 5.82 Å². The maximum atomic E-state index is 13.5. The van der Waals surface area contributed by atoms with E-state index in [4.69, 9.17) is 0 Å². The molecule has 0 heterocycles. The molecular formula is C13H12FN. The molecule has 0 saturated carbocycles. The fourth-order valence-corrected chi connectivity index (χ4v) is 1.79. The zero-order chi connectivity index (χ0) is 10.8. The summed E-state index contributed by atoms with van der Waals surface area (Å²) >= 11 is 0. The Balaban J connectivity index is 2.93. The van der Waals surface area contributed by atoms with Gasteiger partial charge in [0.2, 0.25) is 0 Å². The van der Waals surface area contributed by atoms with Crippen LogP contribution in [0.3, 0.4) is 0 Å². The molecule has 0 unspecified atom stereocenters. The van der Waals surface area contributed by atoms with Crippen molar-refractivity contribution < 1.29 is 4.39 Å². The number of hydrogen-bond acceptors (Lipinski definition) is 1. The smallest absolute Gasteiger partial charge is 0.131 e. The van der Waals surface area contributed by atoms with Crippen LogP contribution >= 0.6 is 0 Å². The largest absolute Gasteiger partial charge is 0.388 e. The van der Waals surface area contributed by atoms with Gasteiger partial charge in [-0.3, -0.25) is 0 Å². The maximum absolute atomic E-state index is 13.5. The summed E-state index contributed by atoms with van der Waals surface area (Å²) in [5.41, 5.74) is 1.47. The van der Waals surface area contributed by atoms with Crippen LogP contribution in [0.1, 0.15) is 5.56 Å². The monoisotopic (exact) mass is 201 g/mol. The molecule has 0 aliphatic heterocycles. The summed E-state index contributed by atoms with van der Waals surface area (Å²) in [6.45, 7) is 3.65. The highest BCUT2D eigenvalue weighted by Crippen LogP contribution is 2.29. The quantitative estimate of drug-likeness (QED) is 0.781. The van der Waals surface area contributed by atoms with E-state index < -0.39 is 0 Å². The fraction of sp³-hybridized carbons (Fsp3) is 0.0769. The third-order valence-electron chi connectivity index (χ3n) is 2.51. The molecule has 0 aliphatic rings. The van der Waals surface area contributed by atoms with Crippen LogP contribution in [0.25, 0.3) is 16.8 Å². The van der Waals surface area contributed by atoms with E-state index in [9.17, 15) is 4.39 Å². The number of benzene rings is 2. The first-order valence-corrected chi connectivity index (χ1v) is 4.79. The molecule has 2 aromatic rings. The van der Waals surface area contributed by atoms with Crippen molar-refractivity contribution in [3.8, 4) is 0 Å². The standard InChI is InChI=1S/C13H12FN/c1-3-10-11(14)8-7-9-5-4-6-12(15-2)13(9)10/h3-8,15H,1H2,2H3.